The monoisotopic (exact) mass is 295 g/mol. The second kappa shape index (κ2) is 5.92. The molecule has 0 saturated heterocycles. The Morgan fingerprint density at radius 1 is 1.35 bits per heavy atom. The van der Waals surface area contributed by atoms with Gasteiger partial charge in [-0.2, -0.15) is 0 Å². The van der Waals surface area contributed by atoms with Gasteiger partial charge in [-0.3, -0.25) is 0 Å². The molecule has 0 aliphatic heterocycles. The average Bonchev–Trinajstić information content (AvgIpc) is 2.40. The number of nitrogens with one attached hydrogen (secondary N) is 1. The van der Waals surface area contributed by atoms with Crippen LogP contribution in [0.4, 0.5) is 21.7 Å². The van der Waals surface area contributed by atoms with Crippen molar-refractivity contribution >= 4 is 28.9 Å². The lowest BCUT2D eigenvalue weighted by molar-refractivity contribution is 0.624. The van der Waals surface area contributed by atoms with E-state index in [1.807, 2.05) is 6.07 Å². The van der Waals surface area contributed by atoms with Gasteiger partial charge in [-0.15, -0.1) is 0 Å². The highest BCUT2D eigenvalue weighted by Crippen LogP contribution is 2.24. The molecule has 0 atom stereocenters. The Labute approximate surface area is 121 Å². The molecule has 0 saturated carbocycles. The number of nitrogen functional groups attached to an aromatic ring is 1. The number of hydrogen-bond acceptors (Lipinski definition) is 5. The molecule has 2 aromatic rings. The van der Waals surface area contributed by atoms with Crippen LogP contribution in [0.3, 0.4) is 0 Å². The van der Waals surface area contributed by atoms with Gasteiger partial charge >= 0.3 is 0 Å². The predicted molar refractivity (Wildman–Crippen MR) is 79.5 cm³/mol. The lowest BCUT2D eigenvalue weighted by Crippen LogP contribution is -2.11. The van der Waals surface area contributed by atoms with E-state index in [2.05, 4.69) is 15.3 Å². The van der Waals surface area contributed by atoms with E-state index in [-0.39, 0.29) is 16.7 Å². The average molecular weight is 296 g/mol. The largest absolute Gasteiger partial charge is 0.382 e. The van der Waals surface area contributed by atoms with Crippen molar-refractivity contribution in [1.29, 1.82) is 0 Å². The van der Waals surface area contributed by atoms with Crippen LogP contribution in [0.25, 0.3) is 0 Å². The molecule has 7 heteroatoms. The Balaban J connectivity index is 2.11. The van der Waals surface area contributed by atoms with Crippen LogP contribution in [0.5, 0.6) is 0 Å². The van der Waals surface area contributed by atoms with Crippen LogP contribution in [0, 0.1) is 5.82 Å². The van der Waals surface area contributed by atoms with Crippen molar-refractivity contribution in [2.24, 2.45) is 0 Å². The summed E-state index contributed by atoms with van der Waals surface area (Å²) >= 11 is 5.96. The molecule has 0 unspecified atom stereocenters. The quantitative estimate of drug-likeness (QED) is 0.907. The molecule has 20 heavy (non-hydrogen) atoms. The molecule has 1 aromatic heterocycles. The van der Waals surface area contributed by atoms with Gasteiger partial charge in [0.15, 0.2) is 5.82 Å². The van der Waals surface area contributed by atoms with Crippen molar-refractivity contribution in [3.05, 3.63) is 40.9 Å². The summed E-state index contributed by atoms with van der Waals surface area (Å²) in [5.74, 6) is 0.358. The molecule has 0 aliphatic carbocycles. The molecule has 1 aromatic carbocycles. The van der Waals surface area contributed by atoms with Gasteiger partial charge in [-0.25, -0.2) is 14.4 Å². The SMILES string of the molecule is CN(C)c1ccc(CNc2ncnc(N)c2Cl)cc1F. The van der Waals surface area contributed by atoms with Crippen LogP contribution < -0.4 is 16.0 Å². The molecule has 1 heterocycles. The molecule has 0 spiro atoms. The van der Waals surface area contributed by atoms with E-state index in [9.17, 15) is 4.39 Å². The summed E-state index contributed by atoms with van der Waals surface area (Å²) in [5.41, 5.74) is 6.90. The summed E-state index contributed by atoms with van der Waals surface area (Å²) in [6, 6.07) is 5.03. The highest BCUT2D eigenvalue weighted by molar-refractivity contribution is 6.35. The Kier molecular flexibility index (Phi) is 4.24. The minimum Gasteiger partial charge on any atom is -0.382 e. The van der Waals surface area contributed by atoms with Gasteiger partial charge in [-0.05, 0) is 17.7 Å². The maximum atomic E-state index is 13.8. The van der Waals surface area contributed by atoms with Crippen LogP contribution in [0.2, 0.25) is 5.02 Å². The third-order valence-electron chi connectivity index (χ3n) is 2.77. The van der Waals surface area contributed by atoms with Gasteiger partial charge in [0.05, 0.1) is 5.69 Å². The topological polar surface area (TPSA) is 67.1 Å². The van der Waals surface area contributed by atoms with Crippen LogP contribution in [-0.4, -0.2) is 24.1 Å². The van der Waals surface area contributed by atoms with Crippen LogP contribution in [-0.2, 0) is 6.54 Å². The molecule has 2 rings (SSSR count). The number of nitrogens with two attached hydrogens (primary N) is 1. The molecule has 0 aliphatic rings. The standard InChI is InChI=1S/C13H15ClFN5/c1-20(2)10-4-3-8(5-9(10)15)6-17-13-11(14)12(16)18-7-19-13/h3-5,7H,6H2,1-2H3,(H3,16,17,18,19). The minimum atomic E-state index is -0.275. The number of anilines is 3. The van der Waals surface area contributed by atoms with Crippen LogP contribution in [0.1, 0.15) is 5.56 Å². The van der Waals surface area contributed by atoms with Crippen LogP contribution >= 0.6 is 11.6 Å². The van der Waals surface area contributed by atoms with E-state index in [0.717, 1.165) is 5.56 Å². The Morgan fingerprint density at radius 3 is 2.75 bits per heavy atom. The molecule has 3 N–H and O–H groups in total. The fraction of sp³-hybridized carbons (Fsp3) is 0.231. The maximum Gasteiger partial charge on any atom is 0.150 e. The summed E-state index contributed by atoms with van der Waals surface area (Å²) in [7, 11) is 3.58. The molecule has 0 bridgehead atoms. The first-order valence-corrected chi connectivity index (χ1v) is 6.32. The predicted octanol–water partition coefficient (Wildman–Crippen LogP) is 2.53. The van der Waals surface area contributed by atoms with Gasteiger partial charge in [-0.1, -0.05) is 17.7 Å². The Bertz CT molecular complexity index is 618. The Hall–Kier alpha value is -2.08. The number of aromatic nitrogens is 2. The van der Waals surface area contributed by atoms with E-state index in [4.69, 9.17) is 17.3 Å². The highest BCUT2D eigenvalue weighted by atomic mass is 35.5. The number of halogens is 2. The van der Waals surface area contributed by atoms with Crippen molar-refractivity contribution < 1.29 is 4.39 Å². The molecule has 0 fully saturated rings. The van der Waals surface area contributed by atoms with E-state index >= 15 is 0 Å². The second-order valence-electron chi connectivity index (χ2n) is 4.46. The minimum absolute atomic E-state index is 0.207. The number of benzene rings is 1. The van der Waals surface area contributed by atoms with Gasteiger partial charge in [0, 0.05) is 20.6 Å². The van der Waals surface area contributed by atoms with Gasteiger partial charge < -0.3 is 16.0 Å². The summed E-state index contributed by atoms with van der Waals surface area (Å²) in [6.07, 6.45) is 1.32. The molecule has 0 amide bonds. The van der Waals surface area contributed by atoms with E-state index in [1.54, 1.807) is 25.1 Å². The van der Waals surface area contributed by atoms with Gasteiger partial charge in [0.25, 0.3) is 0 Å². The zero-order valence-corrected chi connectivity index (χ0v) is 11.9. The van der Waals surface area contributed by atoms with Crippen LogP contribution in [0.15, 0.2) is 24.5 Å². The third kappa shape index (κ3) is 3.08. The summed E-state index contributed by atoms with van der Waals surface area (Å²) in [5, 5.41) is 3.26. The van der Waals surface area contributed by atoms with Gasteiger partial charge in [0.2, 0.25) is 0 Å². The first-order valence-electron chi connectivity index (χ1n) is 5.94. The normalized spacial score (nSPS) is 10.4. The lowest BCUT2D eigenvalue weighted by Gasteiger charge is -2.14. The third-order valence-corrected chi connectivity index (χ3v) is 3.14. The zero-order valence-electron chi connectivity index (χ0n) is 11.2. The fourth-order valence-electron chi connectivity index (χ4n) is 1.72. The number of hydrogen-bond donors (Lipinski definition) is 2. The molecular weight excluding hydrogens is 281 g/mol. The number of nitrogens with zero attached hydrogens (tertiary/aromatic N) is 3. The van der Waals surface area contributed by atoms with E-state index in [0.29, 0.717) is 18.1 Å². The maximum absolute atomic E-state index is 13.8. The molecule has 0 radical (unpaired) electrons. The van der Waals surface area contributed by atoms with Crippen molar-refractivity contribution in [2.75, 3.05) is 30.0 Å². The molecule has 5 nitrogen and oxygen atoms in total. The van der Waals surface area contributed by atoms with Crippen molar-refractivity contribution in [2.45, 2.75) is 6.54 Å². The summed E-state index contributed by atoms with van der Waals surface area (Å²) < 4.78 is 13.8. The highest BCUT2D eigenvalue weighted by Gasteiger charge is 2.08. The smallest absolute Gasteiger partial charge is 0.150 e. The first-order chi connectivity index (χ1) is 9.49. The Morgan fingerprint density at radius 2 is 2.10 bits per heavy atom. The second-order valence-corrected chi connectivity index (χ2v) is 4.83. The molecule has 106 valence electrons. The first kappa shape index (κ1) is 14.3. The summed E-state index contributed by atoms with van der Waals surface area (Å²) in [6.45, 7) is 0.390. The zero-order chi connectivity index (χ0) is 14.7. The van der Waals surface area contributed by atoms with Crippen molar-refractivity contribution in [1.82, 2.24) is 9.97 Å². The fourth-order valence-corrected chi connectivity index (χ4v) is 1.88. The van der Waals surface area contributed by atoms with E-state index in [1.165, 1.54) is 12.4 Å². The summed E-state index contributed by atoms with van der Waals surface area (Å²) in [4.78, 5) is 9.47. The van der Waals surface area contributed by atoms with E-state index < -0.39 is 0 Å². The van der Waals surface area contributed by atoms with Crippen molar-refractivity contribution in [3.8, 4) is 0 Å². The lowest BCUT2D eigenvalue weighted by atomic mass is 10.2. The molecular formula is C13H15ClFN5. The number of rotatable bonds is 4. The van der Waals surface area contributed by atoms with Gasteiger partial charge in [0.1, 0.15) is 23.0 Å². The van der Waals surface area contributed by atoms with Crippen molar-refractivity contribution in [3.63, 3.8) is 0 Å².